The number of nitrogens with one attached hydrogen (secondary N) is 1. The van der Waals surface area contributed by atoms with E-state index < -0.39 is 0 Å². The van der Waals surface area contributed by atoms with Gasteiger partial charge in [0, 0.05) is 44.0 Å². The van der Waals surface area contributed by atoms with Gasteiger partial charge in [-0.1, -0.05) is 13.8 Å². The lowest BCUT2D eigenvalue weighted by molar-refractivity contribution is -0.0976. The Morgan fingerprint density at radius 2 is 2.19 bits per heavy atom. The Labute approximate surface area is 126 Å². The van der Waals surface area contributed by atoms with Crippen molar-refractivity contribution < 1.29 is 9.47 Å². The van der Waals surface area contributed by atoms with Crippen LogP contribution < -0.4 is 10.9 Å². The number of nitrogens with zero attached hydrogens (tertiary/aromatic N) is 1. The molecule has 0 spiro atoms. The van der Waals surface area contributed by atoms with E-state index in [9.17, 15) is 4.79 Å². The van der Waals surface area contributed by atoms with Gasteiger partial charge in [0.1, 0.15) is 0 Å². The monoisotopic (exact) mass is 294 g/mol. The summed E-state index contributed by atoms with van der Waals surface area (Å²) in [5.41, 5.74) is 1.07. The molecular formula is C16H26N2O3. The minimum atomic E-state index is -0.00216. The molecule has 0 aliphatic heterocycles. The molecule has 1 aromatic heterocycles. The van der Waals surface area contributed by atoms with E-state index in [4.69, 9.17) is 9.47 Å². The molecule has 1 aliphatic rings. The van der Waals surface area contributed by atoms with Crippen molar-refractivity contribution in [3.8, 4) is 0 Å². The van der Waals surface area contributed by atoms with Gasteiger partial charge in [0.05, 0.1) is 18.4 Å². The number of hydrogen-bond donors (Lipinski definition) is 1. The first-order valence-corrected chi connectivity index (χ1v) is 7.56. The average Bonchev–Trinajstić information content (AvgIpc) is 2.46. The Balaban J connectivity index is 2.02. The van der Waals surface area contributed by atoms with Gasteiger partial charge in [-0.05, 0) is 19.4 Å². The largest absolute Gasteiger partial charge is 0.383 e. The van der Waals surface area contributed by atoms with Crippen molar-refractivity contribution in [2.24, 2.45) is 5.41 Å². The molecule has 0 aromatic carbocycles. The van der Waals surface area contributed by atoms with Gasteiger partial charge in [-0.15, -0.1) is 0 Å². The van der Waals surface area contributed by atoms with Crippen molar-refractivity contribution in [1.82, 2.24) is 4.57 Å². The van der Waals surface area contributed by atoms with Gasteiger partial charge in [0.15, 0.2) is 0 Å². The van der Waals surface area contributed by atoms with Gasteiger partial charge in [-0.25, -0.2) is 0 Å². The Morgan fingerprint density at radius 3 is 2.81 bits per heavy atom. The van der Waals surface area contributed by atoms with Crippen molar-refractivity contribution in [3.05, 3.63) is 28.7 Å². The quantitative estimate of drug-likeness (QED) is 0.837. The highest BCUT2D eigenvalue weighted by Gasteiger charge is 2.48. The smallest absolute Gasteiger partial charge is 0.250 e. The molecular weight excluding hydrogens is 268 g/mol. The van der Waals surface area contributed by atoms with Crippen molar-refractivity contribution >= 4 is 5.69 Å². The third kappa shape index (κ3) is 3.47. The summed E-state index contributed by atoms with van der Waals surface area (Å²) in [5.74, 6) is 0. The summed E-state index contributed by atoms with van der Waals surface area (Å²) in [6.45, 7) is 8.32. The lowest BCUT2D eigenvalue weighted by Crippen LogP contribution is -2.58. The van der Waals surface area contributed by atoms with Crippen molar-refractivity contribution in [2.75, 3.05) is 25.6 Å². The topological polar surface area (TPSA) is 52.5 Å². The second-order valence-electron chi connectivity index (χ2n) is 6.14. The van der Waals surface area contributed by atoms with E-state index in [1.165, 1.54) is 0 Å². The van der Waals surface area contributed by atoms with Crippen LogP contribution in [0.4, 0.5) is 5.69 Å². The highest BCUT2D eigenvalue weighted by molar-refractivity contribution is 5.43. The molecule has 2 atom stereocenters. The summed E-state index contributed by atoms with van der Waals surface area (Å²) >= 11 is 0. The van der Waals surface area contributed by atoms with Crippen molar-refractivity contribution in [2.45, 2.75) is 45.9 Å². The number of ether oxygens (including phenoxy) is 2. The zero-order valence-electron chi connectivity index (χ0n) is 13.4. The number of methoxy groups -OCH3 is 1. The highest BCUT2D eigenvalue weighted by atomic mass is 16.5. The van der Waals surface area contributed by atoms with Crippen molar-refractivity contribution in [1.29, 1.82) is 0 Å². The lowest BCUT2D eigenvalue weighted by Gasteiger charge is -2.52. The first-order valence-electron chi connectivity index (χ1n) is 7.56. The van der Waals surface area contributed by atoms with Crippen molar-refractivity contribution in [3.63, 3.8) is 0 Å². The molecule has 2 unspecified atom stereocenters. The summed E-state index contributed by atoms with van der Waals surface area (Å²) in [6, 6.07) is 3.81. The minimum Gasteiger partial charge on any atom is -0.383 e. The van der Waals surface area contributed by atoms with E-state index in [2.05, 4.69) is 19.2 Å². The van der Waals surface area contributed by atoms with E-state index in [-0.39, 0.29) is 11.0 Å². The summed E-state index contributed by atoms with van der Waals surface area (Å²) in [4.78, 5) is 11.8. The number of anilines is 1. The Bertz CT molecular complexity index is 524. The van der Waals surface area contributed by atoms with Gasteiger partial charge >= 0.3 is 0 Å². The molecule has 0 radical (unpaired) electrons. The number of pyridine rings is 1. The van der Waals surface area contributed by atoms with E-state index in [0.717, 1.165) is 18.7 Å². The van der Waals surface area contributed by atoms with Crippen LogP contribution in [0.15, 0.2) is 23.1 Å². The van der Waals surface area contributed by atoms with Gasteiger partial charge in [-0.3, -0.25) is 4.79 Å². The Kier molecular flexibility index (Phi) is 5.06. The van der Waals surface area contributed by atoms with Gasteiger partial charge in [0.2, 0.25) is 0 Å². The number of rotatable bonds is 7. The maximum atomic E-state index is 11.8. The fourth-order valence-electron chi connectivity index (χ4n) is 2.80. The number of aromatic nitrogens is 1. The summed E-state index contributed by atoms with van der Waals surface area (Å²) in [6.07, 6.45) is 3.17. The molecule has 21 heavy (non-hydrogen) atoms. The van der Waals surface area contributed by atoms with Crippen LogP contribution in [0.1, 0.15) is 27.2 Å². The Morgan fingerprint density at radius 1 is 1.43 bits per heavy atom. The normalized spacial score (nSPS) is 23.6. The third-order valence-corrected chi connectivity index (χ3v) is 4.41. The van der Waals surface area contributed by atoms with Crippen LogP contribution >= 0.6 is 0 Å². The maximum Gasteiger partial charge on any atom is 0.250 e. The molecule has 0 amide bonds. The Hall–Kier alpha value is -1.33. The molecule has 0 saturated heterocycles. The van der Waals surface area contributed by atoms with E-state index >= 15 is 0 Å². The molecule has 1 N–H and O–H groups in total. The zero-order chi connectivity index (χ0) is 15.5. The fourth-order valence-corrected chi connectivity index (χ4v) is 2.80. The summed E-state index contributed by atoms with van der Waals surface area (Å²) in [7, 11) is 1.64. The summed E-state index contributed by atoms with van der Waals surface area (Å²) in [5, 5.41) is 3.52. The molecule has 1 aromatic rings. The number of hydrogen-bond acceptors (Lipinski definition) is 4. The molecule has 1 saturated carbocycles. The second-order valence-corrected chi connectivity index (χ2v) is 6.14. The van der Waals surface area contributed by atoms with E-state index in [1.54, 1.807) is 17.7 Å². The molecule has 0 bridgehead atoms. The van der Waals surface area contributed by atoms with E-state index in [0.29, 0.717) is 25.3 Å². The summed E-state index contributed by atoms with van der Waals surface area (Å²) < 4.78 is 12.5. The van der Waals surface area contributed by atoms with E-state index in [1.807, 2.05) is 19.2 Å². The average molecular weight is 294 g/mol. The standard InChI is InChI=1S/C16H26N2O3/c1-5-21-14-10-13(16(14,2)3)17-12-6-7-15(19)18(11-12)8-9-20-4/h6-7,11,13-14,17H,5,8-10H2,1-4H3. The molecule has 1 aliphatic carbocycles. The molecule has 5 heteroatoms. The van der Waals surface area contributed by atoms with Crippen LogP contribution in [0.2, 0.25) is 0 Å². The molecule has 118 valence electrons. The third-order valence-electron chi connectivity index (χ3n) is 4.41. The SMILES string of the molecule is CCOC1CC(Nc2ccc(=O)n(CCOC)c2)C1(C)C. The predicted molar refractivity (Wildman–Crippen MR) is 83.8 cm³/mol. The van der Waals surface area contributed by atoms with Gasteiger partial charge < -0.3 is 19.4 Å². The van der Waals surface area contributed by atoms with Gasteiger partial charge in [-0.2, -0.15) is 0 Å². The van der Waals surface area contributed by atoms with Crippen LogP contribution in [-0.4, -0.2) is 37.0 Å². The lowest BCUT2D eigenvalue weighted by atomic mass is 9.64. The maximum absolute atomic E-state index is 11.8. The highest BCUT2D eigenvalue weighted by Crippen LogP contribution is 2.44. The predicted octanol–water partition coefficient (Wildman–Crippen LogP) is 2.11. The minimum absolute atomic E-state index is 0.00216. The molecule has 2 rings (SSSR count). The van der Waals surface area contributed by atoms with Crippen LogP contribution in [-0.2, 0) is 16.0 Å². The van der Waals surface area contributed by atoms with Crippen LogP contribution in [0.3, 0.4) is 0 Å². The fraction of sp³-hybridized carbons (Fsp3) is 0.688. The molecule has 5 nitrogen and oxygen atoms in total. The van der Waals surface area contributed by atoms with Crippen LogP contribution in [0.25, 0.3) is 0 Å². The molecule has 1 fully saturated rings. The van der Waals surface area contributed by atoms with Gasteiger partial charge in [0.25, 0.3) is 5.56 Å². The second kappa shape index (κ2) is 6.62. The van der Waals surface area contributed by atoms with Crippen LogP contribution in [0.5, 0.6) is 0 Å². The van der Waals surface area contributed by atoms with Crippen LogP contribution in [0, 0.1) is 5.41 Å². The first kappa shape index (κ1) is 16.0. The molecule has 1 heterocycles. The first-order chi connectivity index (χ1) is 9.98. The zero-order valence-corrected chi connectivity index (χ0v) is 13.4.